The summed E-state index contributed by atoms with van der Waals surface area (Å²) >= 11 is 11.7. The molecule has 0 bridgehead atoms. The van der Waals surface area contributed by atoms with Crippen molar-refractivity contribution < 1.29 is 19.2 Å². The molecule has 7 nitrogen and oxygen atoms in total. The average Bonchev–Trinajstić information content (AvgIpc) is 2.50. The Labute approximate surface area is 144 Å². The average molecular weight is 362 g/mol. The SMILES string of the molecule is C[NH+](CC(=O)Nc1ncc(Cl)cc1Cl)CC(=O)N1CCOCC1. The maximum Gasteiger partial charge on any atom is 0.280 e. The van der Waals surface area contributed by atoms with Gasteiger partial charge in [-0.2, -0.15) is 0 Å². The molecule has 0 radical (unpaired) electrons. The van der Waals surface area contributed by atoms with Crippen molar-refractivity contribution in [2.75, 3.05) is 51.8 Å². The molecule has 1 unspecified atom stereocenters. The van der Waals surface area contributed by atoms with Gasteiger partial charge in [0.15, 0.2) is 18.9 Å². The Balaban J connectivity index is 1.81. The predicted octanol–water partition coefficient (Wildman–Crippen LogP) is -0.300. The molecule has 1 fully saturated rings. The largest absolute Gasteiger partial charge is 0.378 e. The summed E-state index contributed by atoms with van der Waals surface area (Å²) in [6.45, 7) is 2.70. The van der Waals surface area contributed by atoms with E-state index in [2.05, 4.69) is 10.3 Å². The number of aromatic nitrogens is 1. The summed E-state index contributed by atoms with van der Waals surface area (Å²) in [6, 6.07) is 1.50. The highest BCUT2D eigenvalue weighted by Gasteiger charge is 2.21. The number of quaternary nitrogens is 1. The third kappa shape index (κ3) is 5.62. The van der Waals surface area contributed by atoms with Crippen LogP contribution in [0.1, 0.15) is 0 Å². The lowest BCUT2D eigenvalue weighted by molar-refractivity contribution is -0.862. The van der Waals surface area contributed by atoms with E-state index >= 15 is 0 Å². The van der Waals surface area contributed by atoms with Gasteiger partial charge in [0.2, 0.25) is 0 Å². The van der Waals surface area contributed by atoms with E-state index in [9.17, 15) is 9.59 Å². The lowest BCUT2D eigenvalue weighted by Crippen LogP contribution is -3.11. The van der Waals surface area contributed by atoms with E-state index in [1.807, 2.05) is 0 Å². The molecule has 0 aliphatic carbocycles. The summed E-state index contributed by atoms with van der Waals surface area (Å²) in [7, 11) is 1.79. The van der Waals surface area contributed by atoms with Crippen LogP contribution >= 0.6 is 23.2 Å². The number of pyridine rings is 1. The van der Waals surface area contributed by atoms with Crippen LogP contribution < -0.4 is 10.2 Å². The Morgan fingerprint density at radius 1 is 1.35 bits per heavy atom. The molecule has 1 aromatic rings. The summed E-state index contributed by atoms with van der Waals surface area (Å²) in [5.41, 5.74) is 0. The van der Waals surface area contributed by atoms with Crippen LogP contribution in [0, 0.1) is 0 Å². The van der Waals surface area contributed by atoms with E-state index < -0.39 is 0 Å². The van der Waals surface area contributed by atoms with E-state index in [-0.39, 0.29) is 35.7 Å². The normalized spacial score (nSPS) is 16.0. The Morgan fingerprint density at radius 3 is 2.70 bits per heavy atom. The molecule has 23 heavy (non-hydrogen) atoms. The monoisotopic (exact) mass is 361 g/mol. The first-order valence-corrected chi connectivity index (χ1v) is 7.99. The molecular formula is C14H19Cl2N4O3+. The second kappa shape index (κ2) is 8.44. The van der Waals surface area contributed by atoms with E-state index in [1.165, 1.54) is 12.3 Å². The van der Waals surface area contributed by atoms with Gasteiger partial charge in [-0.15, -0.1) is 0 Å². The summed E-state index contributed by atoms with van der Waals surface area (Å²) in [6.07, 6.45) is 1.40. The standard InChI is InChI=1S/C14H18Cl2N4O3/c1-19(9-13(22)20-2-4-23-5-3-20)8-12(21)18-14-11(16)6-10(15)7-17-14/h6-7H,2-5,8-9H2,1H3,(H,17,18,21)/p+1. The van der Waals surface area contributed by atoms with Gasteiger partial charge in [0.1, 0.15) is 0 Å². The minimum Gasteiger partial charge on any atom is -0.378 e. The molecule has 0 spiro atoms. The number of anilines is 1. The van der Waals surface area contributed by atoms with Gasteiger partial charge in [-0.1, -0.05) is 23.2 Å². The van der Waals surface area contributed by atoms with Crippen LogP contribution in [0.25, 0.3) is 0 Å². The topological polar surface area (TPSA) is 76.0 Å². The second-order valence-corrected chi connectivity index (χ2v) is 6.18. The van der Waals surface area contributed by atoms with Crippen LogP contribution in [0.2, 0.25) is 10.0 Å². The number of hydrogen-bond donors (Lipinski definition) is 2. The van der Waals surface area contributed by atoms with Gasteiger partial charge in [0.25, 0.3) is 11.8 Å². The molecule has 1 saturated heterocycles. The summed E-state index contributed by atoms with van der Waals surface area (Å²) in [5.74, 6) is 0.00335. The zero-order chi connectivity index (χ0) is 16.8. The molecule has 2 heterocycles. The van der Waals surface area contributed by atoms with Gasteiger partial charge in [0.05, 0.1) is 30.3 Å². The number of carbonyl (C=O) groups is 2. The number of nitrogens with one attached hydrogen (secondary N) is 2. The van der Waals surface area contributed by atoms with Crippen molar-refractivity contribution in [3.05, 3.63) is 22.3 Å². The molecule has 2 amide bonds. The van der Waals surface area contributed by atoms with E-state index in [0.29, 0.717) is 31.3 Å². The van der Waals surface area contributed by atoms with Crippen LogP contribution in [0.15, 0.2) is 12.3 Å². The van der Waals surface area contributed by atoms with Crippen LogP contribution in [0.3, 0.4) is 0 Å². The first-order chi connectivity index (χ1) is 11.0. The van der Waals surface area contributed by atoms with Gasteiger partial charge < -0.3 is 19.9 Å². The molecule has 1 aromatic heterocycles. The Kier molecular flexibility index (Phi) is 6.59. The summed E-state index contributed by atoms with van der Waals surface area (Å²) < 4.78 is 5.21. The number of nitrogens with zero attached hydrogens (tertiary/aromatic N) is 2. The van der Waals surface area contributed by atoms with Crippen molar-refractivity contribution in [2.24, 2.45) is 0 Å². The highest BCUT2D eigenvalue weighted by atomic mass is 35.5. The lowest BCUT2D eigenvalue weighted by atomic mass is 10.3. The fourth-order valence-electron chi connectivity index (χ4n) is 2.20. The molecular weight excluding hydrogens is 343 g/mol. The molecule has 0 aromatic carbocycles. The van der Waals surface area contributed by atoms with Gasteiger partial charge in [-0.05, 0) is 6.07 Å². The number of morpholine rings is 1. The molecule has 2 rings (SSSR count). The van der Waals surface area contributed by atoms with Crippen molar-refractivity contribution >= 4 is 40.8 Å². The molecule has 1 aliphatic heterocycles. The van der Waals surface area contributed by atoms with Gasteiger partial charge in [-0.3, -0.25) is 9.59 Å². The van der Waals surface area contributed by atoms with E-state index in [0.717, 1.165) is 4.90 Å². The maximum absolute atomic E-state index is 12.1. The number of carbonyl (C=O) groups excluding carboxylic acids is 2. The third-order valence-electron chi connectivity index (χ3n) is 3.34. The first-order valence-electron chi connectivity index (χ1n) is 7.23. The Hall–Kier alpha value is -1.41. The number of hydrogen-bond acceptors (Lipinski definition) is 4. The third-order valence-corrected chi connectivity index (χ3v) is 3.84. The molecule has 0 saturated carbocycles. The maximum atomic E-state index is 12.1. The number of rotatable bonds is 5. The van der Waals surface area contributed by atoms with Crippen molar-refractivity contribution in [1.29, 1.82) is 0 Å². The summed E-state index contributed by atoms with van der Waals surface area (Å²) in [4.78, 5) is 30.6. The quantitative estimate of drug-likeness (QED) is 0.754. The van der Waals surface area contributed by atoms with E-state index in [1.54, 1.807) is 11.9 Å². The molecule has 1 aliphatic rings. The Bertz CT molecular complexity index is 579. The predicted molar refractivity (Wildman–Crippen MR) is 86.9 cm³/mol. The van der Waals surface area contributed by atoms with Crippen molar-refractivity contribution in [2.45, 2.75) is 0 Å². The van der Waals surface area contributed by atoms with E-state index in [4.69, 9.17) is 27.9 Å². The molecule has 126 valence electrons. The number of amides is 2. The zero-order valence-corrected chi connectivity index (χ0v) is 14.3. The smallest absolute Gasteiger partial charge is 0.280 e. The van der Waals surface area contributed by atoms with Crippen LogP contribution in [0.5, 0.6) is 0 Å². The van der Waals surface area contributed by atoms with Crippen molar-refractivity contribution in [1.82, 2.24) is 9.88 Å². The second-order valence-electron chi connectivity index (χ2n) is 5.34. The highest BCUT2D eigenvalue weighted by molar-refractivity contribution is 6.36. The fraction of sp³-hybridized carbons (Fsp3) is 0.500. The highest BCUT2D eigenvalue weighted by Crippen LogP contribution is 2.22. The first kappa shape index (κ1) is 17.9. The lowest BCUT2D eigenvalue weighted by Gasteiger charge is -2.27. The molecule has 9 heteroatoms. The van der Waals surface area contributed by atoms with Crippen molar-refractivity contribution in [3.8, 4) is 0 Å². The van der Waals surface area contributed by atoms with Gasteiger partial charge in [0, 0.05) is 19.3 Å². The van der Waals surface area contributed by atoms with Crippen LogP contribution in [0.4, 0.5) is 5.82 Å². The fourth-order valence-corrected chi connectivity index (χ4v) is 2.63. The Morgan fingerprint density at radius 2 is 2.04 bits per heavy atom. The van der Waals surface area contributed by atoms with Crippen LogP contribution in [-0.2, 0) is 14.3 Å². The molecule has 2 N–H and O–H groups in total. The molecule has 1 atom stereocenters. The number of likely N-dealkylation sites (N-methyl/N-ethyl adjacent to an activating group) is 1. The van der Waals surface area contributed by atoms with Crippen LogP contribution in [-0.4, -0.2) is 68.1 Å². The summed E-state index contributed by atoms with van der Waals surface area (Å²) in [5, 5.41) is 3.28. The van der Waals surface area contributed by atoms with Crippen molar-refractivity contribution in [3.63, 3.8) is 0 Å². The number of ether oxygens (including phenoxy) is 1. The zero-order valence-electron chi connectivity index (χ0n) is 12.8. The minimum absolute atomic E-state index is 0.0150. The van der Waals surface area contributed by atoms with Gasteiger partial charge >= 0.3 is 0 Å². The number of halogens is 2. The minimum atomic E-state index is -0.269. The van der Waals surface area contributed by atoms with Gasteiger partial charge in [-0.25, -0.2) is 4.98 Å².